The summed E-state index contributed by atoms with van der Waals surface area (Å²) in [6.45, 7) is 0.610. The molecular weight excluding hydrogens is 328 g/mol. The molecule has 0 aliphatic heterocycles. The van der Waals surface area contributed by atoms with Crippen molar-refractivity contribution < 1.29 is 4.79 Å². The second kappa shape index (κ2) is 5.90. The van der Waals surface area contributed by atoms with Gasteiger partial charge in [-0.1, -0.05) is 46.3 Å². The molecule has 4 heteroatoms. The Hall–Kier alpha value is -1.81. The molecule has 1 saturated carbocycles. The molecule has 2 aromatic carbocycles. The van der Waals surface area contributed by atoms with Gasteiger partial charge in [-0.3, -0.25) is 4.79 Å². The molecule has 0 atom stereocenters. The van der Waals surface area contributed by atoms with Crippen molar-refractivity contribution in [1.29, 1.82) is 0 Å². The fourth-order valence-corrected chi connectivity index (χ4v) is 2.82. The van der Waals surface area contributed by atoms with E-state index in [1.807, 2.05) is 41.3 Å². The molecule has 0 bridgehead atoms. The van der Waals surface area contributed by atoms with Gasteiger partial charge in [0, 0.05) is 22.7 Å². The van der Waals surface area contributed by atoms with Crippen LogP contribution in [0.2, 0.25) is 0 Å². The first-order chi connectivity index (χ1) is 10.2. The minimum absolute atomic E-state index is 0.0198. The normalized spacial score (nSPS) is 14.0. The molecule has 0 unspecified atom stereocenters. The second-order valence-corrected chi connectivity index (χ2v) is 6.20. The van der Waals surface area contributed by atoms with E-state index in [0.29, 0.717) is 23.8 Å². The van der Waals surface area contributed by atoms with E-state index in [1.165, 1.54) is 0 Å². The molecule has 0 saturated heterocycles. The van der Waals surface area contributed by atoms with Gasteiger partial charge < -0.3 is 10.6 Å². The number of rotatable bonds is 4. The number of anilines is 1. The number of hydrogen-bond acceptors (Lipinski definition) is 2. The summed E-state index contributed by atoms with van der Waals surface area (Å²) in [6.07, 6.45) is 2.14. The lowest BCUT2D eigenvalue weighted by Gasteiger charge is -2.24. The highest BCUT2D eigenvalue weighted by atomic mass is 79.9. The fraction of sp³-hybridized carbons (Fsp3) is 0.235. The molecule has 2 N–H and O–H groups in total. The Bertz CT molecular complexity index is 667. The molecule has 1 amide bonds. The smallest absolute Gasteiger partial charge is 0.256 e. The number of para-hydroxylation sites is 1. The Kier molecular flexibility index (Phi) is 3.97. The third-order valence-corrected chi connectivity index (χ3v) is 4.51. The molecule has 2 aromatic rings. The van der Waals surface area contributed by atoms with Gasteiger partial charge in [0.25, 0.3) is 5.91 Å². The molecule has 108 valence electrons. The van der Waals surface area contributed by atoms with Crippen LogP contribution in [0.5, 0.6) is 0 Å². The van der Waals surface area contributed by atoms with Crippen LogP contribution in [0, 0.1) is 0 Å². The second-order valence-electron chi connectivity index (χ2n) is 5.34. The van der Waals surface area contributed by atoms with Crippen molar-refractivity contribution in [1.82, 2.24) is 4.90 Å². The van der Waals surface area contributed by atoms with Gasteiger partial charge in [0.05, 0.1) is 5.56 Å². The van der Waals surface area contributed by atoms with Crippen molar-refractivity contribution in [3.05, 3.63) is 64.1 Å². The van der Waals surface area contributed by atoms with Crippen LogP contribution in [0.1, 0.15) is 28.8 Å². The number of carbonyl (C=O) groups is 1. The number of hydrogen-bond donors (Lipinski definition) is 1. The number of halogens is 1. The first-order valence-electron chi connectivity index (χ1n) is 7.05. The largest absolute Gasteiger partial charge is 0.398 e. The highest BCUT2D eigenvalue weighted by Gasteiger charge is 2.33. The molecular formula is C17H17BrN2O. The Morgan fingerprint density at radius 1 is 1.14 bits per heavy atom. The Labute approximate surface area is 132 Å². The standard InChI is InChI=1S/C17H17BrN2O/c18-15-7-3-1-5-12(15)11-20(13-9-10-13)17(21)14-6-2-4-8-16(14)19/h1-8,13H,9-11,19H2. The summed E-state index contributed by atoms with van der Waals surface area (Å²) < 4.78 is 1.03. The minimum atomic E-state index is 0.0198. The zero-order valence-corrected chi connectivity index (χ0v) is 13.2. The van der Waals surface area contributed by atoms with E-state index in [2.05, 4.69) is 15.9 Å². The van der Waals surface area contributed by atoms with Gasteiger partial charge in [0.2, 0.25) is 0 Å². The monoisotopic (exact) mass is 344 g/mol. The van der Waals surface area contributed by atoms with Crippen LogP contribution in [-0.4, -0.2) is 16.8 Å². The molecule has 21 heavy (non-hydrogen) atoms. The number of carbonyl (C=O) groups excluding carboxylic acids is 1. The molecule has 1 aliphatic carbocycles. The van der Waals surface area contributed by atoms with Crippen LogP contribution < -0.4 is 5.73 Å². The van der Waals surface area contributed by atoms with Gasteiger partial charge in [0.15, 0.2) is 0 Å². The lowest BCUT2D eigenvalue weighted by atomic mass is 10.1. The summed E-state index contributed by atoms with van der Waals surface area (Å²) >= 11 is 3.55. The van der Waals surface area contributed by atoms with Crippen molar-refractivity contribution in [3.63, 3.8) is 0 Å². The van der Waals surface area contributed by atoms with Crippen molar-refractivity contribution in [2.45, 2.75) is 25.4 Å². The highest BCUT2D eigenvalue weighted by molar-refractivity contribution is 9.10. The van der Waals surface area contributed by atoms with Gasteiger partial charge in [-0.25, -0.2) is 0 Å². The molecule has 1 fully saturated rings. The average molecular weight is 345 g/mol. The zero-order chi connectivity index (χ0) is 14.8. The zero-order valence-electron chi connectivity index (χ0n) is 11.6. The maximum absolute atomic E-state index is 12.8. The first kappa shape index (κ1) is 14.1. The Morgan fingerprint density at radius 2 is 1.81 bits per heavy atom. The summed E-state index contributed by atoms with van der Waals surface area (Å²) in [6, 6.07) is 15.6. The van der Waals surface area contributed by atoms with E-state index < -0.39 is 0 Å². The van der Waals surface area contributed by atoms with Gasteiger partial charge >= 0.3 is 0 Å². The van der Waals surface area contributed by atoms with Crippen molar-refractivity contribution in [2.24, 2.45) is 0 Å². The quantitative estimate of drug-likeness (QED) is 0.856. The lowest BCUT2D eigenvalue weighted by molar-refractivity contribution is 0.0730. The topological polar surface area (TPSA) is 46.3 Å². The SMILES string of the molecule is Nc1ccccc1C(=O)N(Cc1ccccc1Br)C1CC1. The van der Waals surface area contributed by atoms with E-state index in [9.17, 15) is 4.79 Å². The summed E-state index contributed by atoms with van der Waals surface area (Å²) in [4.78, 5) is 14.7. The Morgan fingerprint density at radius 3 is 2.48 bits per heavy atom. The predicted octanol–water partition coefficient (Wildman–Crippen LogP) is 3.84. The van der Waals surface area contributed by atoms with Crippen LogP contribution in [0.4, 0.5) is 5.69 Å². The van der Waals surface area contributed by atoms with Crippen molar-refractivity contribution in [2.75, 3.05) is 5.73 Å². The van der Waals surface area contributed by atoms with Crippen LogP contribution in [-0.2, 0) is 6.54 Å². The van der Waals surface area contributed by atoms with E-state index >= 15 is 0 Å². The minimum Gasteiger partial charge on any atom is -0.398 e. The summed E-state index contributed by atoms with van der Waals surface area (Å²) in [5.41, 5.74) is 8.20. The molecule has 3 rings (SSSR count). The average Bonchev–Trinajstić information content (AvgIpc) is 3.31. The first-order valence-corrected chi connectivity index (χ1v) is 7.85. The van der Waals surface area contributed by atoms with Crippen LogP contribution in [0.15, 0.2) is 53.0 Å². The van der Waals surface area contributed by atoms with Crippen LogP contribution in [0.3, 0.4) is 0 Å². The molecule has 0 aromatic heterocycles. The number of nitrogens with two attached hydrogens (primary N) is 1. The number of nitrogens with zero attached hydrogens (tertiary/aromatic N) is 1. The van der Waals surface area contributed by atoms with Crippen LogP contribution in [0.25, 0.3) is 0 Å². The van der Waals surface area contributed by atoms with Gasteiger partial charge in [0.1, 0.15) is 0 Å². The molecule has 1 aliphatic rings. The van der Waals surface area contributed by atoms with E-state index in [-0.39, 0.29) is 5.91 Å². The number of benzene rings is 2. The van der Waals surface area contributed by atoms with E-state index in [0.717, 1.165) is 22.9 Å². The highest BCUT2D eigenvalue weighted by Crippen LogP contribution is 2.32. The van der Waals surface area contributed by atoms with Gasteiger partial charge in [-0.2, -0.15) is 0 Å². The fourth-order valence-electron chi connectivity index (χ4n) is 2.41. The van der Waals surface area contributed by atoms with Crippen molar-refractivity contribution >= 4 is 27.5 Å². The molecule has 0 heterocycles. The lowest BCUT2D eigenvalue weighted by Crippen LogP contribution is -2.33. The maximum atomic E-state index is 12.8. The molecule has 0 radical (unpaired) electrons. The summed E-state index contributed by atoms with van der Waals surface area (Å²) in [5, 5.41) is 0. The number of amides is 1. The third kappa shape index (κ3) is 3.10. The van der Waals surface area contributed by atoms with Crippen molar-refractivity contribution in [3.8, 4) is 0 Å². The summed E-state index contributed by atoms with van der Waals surface area (Å²) in [5.74, 6) is 0.0198. The number of nitrogen functional groups attached to an aromatic ring is 1. The van der Waals surface area contributed by atoms with Gasteiger partial charge in [-0.15, -0.1) is 0 Å². The Balaban J connectivity index is 1.87. The maximum Gasteiger partial charge on any atom is 0.256 e. The molecule has 0 spiro atoms. The molecule has 3 nitrogen and oxygen atoms in total. The van der Waals surface area contributed by atoms with Crippen LogP contribution >= 0.6 is 15.9 Å². The van der Waals surface area contributed by atoms with E-state index in [4.69, 9.17) is 5.73 Å². The predicted molar refractivity (Wildman–Crippen MR) is 87.9 cm³/mol. The van der Waals surface area contributed by atoms with Gasteiger partial charge in [-0.05, 0) is 36.6 Å². The summed E-state index contributed by atoms with van der Waals surface area (Å²) in [7, 11) is 0. The van der Waals surface area contributed by atoms with E-state index in [1.54, 1.807) is 12.1 Å². The third-order valence-electron chi connectivity index (χ3n) is 3.74.